The second kappa shape index (κ2) is 7.21. The van der Waals surface area contributed by atoms with Gasteiger partial charge in [0.2, 0.25) is 5.82 Å². The smallest absolute Gasteiger partial charge is 0.282 e. The first-order valence-electron chi connectivity index (χ1n) is 9.99. The number of furan rings is 1. The summed E-state index contributed by atoms with van der Waals surface area (Å²) in [7, 11) is 0. The molecule has 0 spiro atoms. The Morgan fingerprint density at radius 2 is 1.81 bits per heavy atom. The molecule has 1 N–H and O–H groups in total. The number of nitrogens with zero attached hydrogens (tertiary/aromatic N) is 3. The third-order valence-corrected chi connectivity index (χ3v) is 5.62. The summed E-state index contributed by atoms with van der Waals surface area (Å²) in [5.41, 5.74) is 2.80. The molecule has 3 aromatic heterocycles. The first-order chi connectivity index (χ1) is 15.7. The lowest BCUT2D eigenvalue weighted by atomic mass is 10.2. The Labute approximate surface area is 186 Å². The summed E-state index contributed by atoms with van der Waals surface area (Å²) in [4.78, 5) is 21.3. The largest absolute Gasteiger partial charge is 0.453 e. The number of H-pyrrole nitrogens is 1. The van der Waals surface area contributed by atoms with Crippen LogP contribution in [0.25, 0.3) is 44.4 Å². The zero-order chi connectivity index (χ0) is 21.7. The summed E-state index contributed by atoms with van der Waals surface area (Å²) >= 11 is 6.12. The van der Waals surface area contributed by atoms with E-state index in [1.54, 1.807) is 30.5 Å². The van der Waals surface area contributed by atoms with Gasteiger partial charge in [0, 0.05) is 33.1 Å². The SMILES string of the molecule is O=c1c2ccccc2nc(-c2cc3cc(Cl)ccc3o2)n1N=Cc1c[nH]c2ccccc12. The van der Waals surface area contributed by atoms with E-state index in [0.717, 1.165) is 21.9 Å². The van der Waals surface area contributed by atoms with Crippen LogP contribution in [0.5, 0.6) is 0 Å². The number of aromatic nitrogens is 3. The minimum absolute atomic E-state index is 0.278. The van der Waals surface area contributed by atoms with E-state index in [0.29, 0.717) is 33.1 Å². The van der Waals surface area contributed by atoms with Gasteiger partial charge >= 0.3 is 0 Å². The predicted molar refractivity (Wildman–Crippen MR) is 128 cm³/mol. The minimum atomic E-state index is -0.278. The summed E-state index contributed by atoms with van der Waals surface area (Å²) < 4.78 is 7.28. The van der Waals surface area contributed by atoms with Gasteiger partial charge in [0.15, 0.2) is 5.76 Å². The van der Waals surface area contributed by atoms with E-state index >= 15 is 0 Å². The van der Waals surface area contributed by atoms with Gasteiger partial charge in [-0.1, -0.05) is 41.9 Å². The molecule has 3 heterocycles. The number of para-hydroxylation sites is 2. The zero-order valence-electron chi connectivity index (χ0n) is 16.6. The molecule has 0 aliphatic heterocycles. The van der Waals surface area contributed by atoms with Crippen molar-refractivity contribution in [3.05, 3.63) is 99.9 Å². The highest BCUT2D eigenvalue weighted by molar-refractivity contribution is 6.31. The molecule has 0 atom stereocenters. The maximum atomic E-state index is 13.4. The molecule has 6 aromatic rings. The van der Waals surface area contributed by atoms with E-state index < -0.39 is 0 Å². The molecule has 32 heavy (non-hydrogen) atoms. The molecule has 0 amide bonds. The van der Waals surface area contributed by atoms with Crippen molar-refractivity contribution in [1.82, 2.24) is 14.6 Å². The normalized spacial score (nSPS) is 11.9. The fourth-order valence-electron chi connectivity index (χ4n) is 3.84. The van der Waals surface area contributed by atoms with E-state index in [2.05, 4.69) is 10.1 Å². The van der Waals surface area contributed by atoms with Crippen molar-refractivity contribution in [2.45, 2.75) is 0 Å². The molecule has 7 heteroatoms. The summed E-state index contributed by atoms with van der Waals surface area (Å²) in [6, 6.07) is 22.3. The number of nitrogens with one attached hydrogen (secondary N) is 1. The number of benzene rings is 3. The van der Waals surface area contributed by atoms with Crippen LogP contribution in [0, 0.1) is 0 Å². The van der Waals surface area contributed by atoms with Gasteiger partial charge in [-0.25, -0.2) is 4.98 Å². The molecule has 0 aliphatic rings. The van der Waals surface area contributed by atoms with Crippen LogP contribution in [0.1, 0.15) is 5.56 Å². The van der Waals surface area contributed by atoms with Crippen molar-refractivity contribution in [3.8, 4) is 11.6 Å². The highest BCUT2D eigenvalue weighted by atomic mass is 35.5. The van der Waals surface area contributed by atoms with E-state index in [9.17, 15) is 4.79 Å². The lowest BCUT2D eigenvalue weighted by molar-refractivity contribution is 0.616. The number of halogens is 1. The first kappa shape index (κ1) is 18.6. The molecule has 0 bridgehead atoms. The Hall–Kier alpha value is -4.16. The Balaban J connectivity index is 1.58. The molecule has 0 radical (unpaired) electrons. The summed E-state index contributed by atoms with van der Waals surface area (Å²) in [5.74, 6) is 0.748. The molecular weight excluding hydrogens is 424 g/mol. The topological polar surface area (TPSA) is 76.2 Å². The van der Waals surface area contributed by atoms with Crippen LogP contribution >= 0.6 is 11.6 Å². The van der Waals surface area contributed by atoms with Gasteiger partial charge in [-0.3, -0.25) is 4.79 Å². The molecule has 6 nitrogen and oxygen atoms in total. The van der Waals surface area contributed by atoms with E-state index in [-0.39, 0.29) is 5.56 Å². The monoisotopic (exact) mass is 438 g/mol. The van der Waals surface area contributed by atoms with Gasteiger partial charge in [-0.2, -0.15) is 9.78 Å². The molecule has 3 aromatic carbocycles. The van der Waals surface area contributed by atoms with E-state index in [4.69, 9.17) is 21.0 Å². The standard InChI is InChI=1S/C25H15ClN4O2/c26-17-9-10-22-15(11-17)12-23(32-22)24-29-21-8-4-2-6-19(21)25(31)30(24)28-14-16-13-27-20-7-3-1-5-18(16)20/h1-14,27H. The van der Waals surface area contributed by atoms with Crippen molar-refractivity contribution >= 4 is 50.6 Å². The molecule has 0 saturated heterocycles. The van der Waals surface area contributed by atoms with Crippen LogP contribution in [0.15, 0.2) is 93.3 Å². The average molecular weight is 439 g/mol. The quantitative estimate of drug-likeness (QED) is 0.353. The van der Waals surface area contributed by atoms with Crippen LogP contribution in [0.2, 0.25) is 5.02 Å². The van der Waals surface area contributed by atoms with Crippen LogP contribution in [0.3, 0.4) is 0 Å². The Kier molecular flexibility index (Phi) is 4.19. The molecule has 0 unspecified atom stereocenters. The van der Waals surface area contributed by atoms with E-state index in [1.807, 2.05) is 54.7 Å². The van der Waals surface area contributed by atoms with Crippen LogP contribution in [-0.4, -0.2) is 20.9 Å². The number of hydrogen-bond acceptors (Lipinski definition) is 4. The summed E-state index contributed by atoms with van der Waals surface area (Å²) in [6.07, 6.45) is 3.51. The van der Waals surface area contributed by atoms with Gasteiger partial charge in [-0.15, -0.1) is 0 Å². The third-order valence-electron chi connectivity index (χ3n) is 5.39. The highest BCUT2D eigenvalue weighted by Crippen LogP contribution is 2.29. The predicted octanol–water partition coefficient (Wildman–Crippen LogP) is 5.83. The number of fused-ring (bicyclic) bond motifs is 3. The fraction of sp³-hybridized carbons (Fsp3) is 0. The lowest BCUT2D eigenvalue weighted by Crippen LogP contribution is -2.20. The van der Waals surface area contributed by atoms with Crippen molar-refractivity contribution in [2.24, 2.45) is 5.10 Å². The van der Waals surface area contributed by atoms with Gasteiger partial charge in [-0.05, 0) is 42.5 Å². The molecule has 6 rings (SSSR count). The third kappa shape index (κ3) is 3.01. The minimum Gasteiger partial charge on any atom is -0.453 e. The number of hydrogen-bond donors (Lipinski definition) is 1. The van der Waals surface area contributed by atoms with Gasteiger partial charge in [0.25, 0.3) is 5.56 Å². The van der Waals surface area contributed by atoms with Crippen LogP contribution < -0.4 is 5.56 Å². The second-order valence-electron chi connectivity index (χ2n) is 7.40. The van der Waals surface area contributed by atoms with Crippen molar-refractivity contribution in [3.63, 3.8) is 0 Å². The lowest BCUT2D eigenvalue weighted by Gasteiger charge is -2.07. The van der Waals surface area contributed by atoms with Gasteiger partial charge < -0.3 is 9.40 Å². The van der Waals surface area contributed by atoms with Crippen LogP contribution in [0.4, 0.5) is 0 Å². The highest BCUT2D eigenvalue weighted by Gasteiger charge is 2.16. The first-order valence-corrected chi connectivity index (χ1v) is 10.4. The molecule has 0 saturated carbocycles. The number of aromatic amines is 1. The van der Waals surface area contributed by atoms with Crippen LogP contribution in [-0.2, 0) is 0 Å². The average Bonchev–Trinajstić information content (AvgIpc) is 3.42. The van der Waals surface area contributed by atoms with Crippen molar-refractivity contribution < 1.29 is 4.42 Å². The number of rotatable bonds is 3. The zero-order valence-corrected chi connectivity index (χ0v) is 17.4. The molecule has 0 aliphatic carbocycles. The fourth-order valence-corrected chi connectivity index (χ4v) is 4.02. The van der Waals surface area contributed by atoms with Gasteiger partial charge in [0.1, 0.15) is 5.58 Å². The Bertz CT molecular complexity index is 1730. The summed E-state index contributed by atoms with van der Waals surface area (Å²) in [6.45, 7) is 0. The Morgan fingerprint density at radius 1 is 1.00 bits per heavy atom. The summed E-state index contributed by atoms with van der Waals surface area (Å²) in [5, 5.41) is 7.44. The Morgan fingerprint density at radius 3 is 2.72 bits per heavy atom. The second-order valence-corrected chi connectivity index (χ2v) is 7.83. The maximum Gasteiger partial charge on any atom is 0.282 e. The van der Waals surface area contributed by atoms with Crippen molar-refractivity contribution in [1.29, 1.82) is 0 Å². The van der Waals surface area contributed by atoms with Gasteiger partial charge in [0.05, 0.1) is 17.1 Å². The maximum absolute atomic E-state index is 13.4. The molecular formula is C25H15ClN4O2. The van der Waals surface area contributed by atoms with Crippen molar-refractivity contribution in [2.75, 3.05) is 0 Å². The van der Waals surface area contributed by atoms with E-state index in [1.165, 1.54) is 4.68 Å². The molecule has 154 valence electrons. The molecule has 0 fully saturated rings.